The van der Waals surface area contributed by atoms with E-state index in [9.17, 15) is 13.6 Å². The summed E-state index contributed by atoms with van der Waals surface area (Å²) in [6.07, 6.45) is 2.32. The smallest absolute Gasteiger partial charge is 0.306 e. The number of hydrogen-bond donors (Lipinski definition) is 2. The highest BCUT2D eigenvalue weighted by Gasteiger charge is 2.27. The third-order valence-corrected chi connectivity index (χ3v) is 6.28. The van der Waals surface area contributed by atoms with Gasteiger partial charge in [0.25, 0.3) is 6.01 Å². The van der Waals surface area contributed by atoms with Crippen LogP contribution in [-0.4, -0.2) is 37.1 Å². The highest BCUT2D eigenvalue weighted by atomic mass is 35.5. The number of imidazole rings is 1. The van der Waals surface area contributed by atoms with Gasteiger partial charge < -0.3 is 14.8 Å². The van der Waals surface area contributed by atoms with Crippen LogP contribution < -0.4 is 4.74 Å². The normalized spacial score (nSPS) is 18.2. The summed E-state index contributed by atoms with van der Waals surface area (Å²) in [7, 11) is 0. The second-order valence-electron chi connectivity index (χ2n) is 8.21. The van der Waals surface area contributed by atoms with Crippen molar-refractivity contribution in [2.45, 2.75) is 31.8 Å². The minimum atomic E-state index is -0.883. The summed E-state index contributed by atoms with van der Waals surface area (Å²) in [5.41, 5.74) is 2.96. The van der Waals surface area contributed by atoms with Gasteiger partial charge in [-0.05, 0) is 49.4 Å². The molecule has 0 atom stereocenters. The van der Waals surface area contributed by atoms with Gasteiger partial charge in [-0.25, -0.2) is 4.98 Å². The number of aromatic nitrogens is 4. The molecule has 3 aromatic heterocycles. The van der Waals surface area contributed by atoms with Crippen LogP contribution in [0.4, 0.5) is 8.78 Å². The number of aliphatic carboxylic acids is 1. The van der Waals surface area contributed by atoms with Crippen molar-refractivity contribution in [2.75, 3.05) is 0 Å². The number of ether oxygens (including phenoxy) is 1. The first-order chi connectivity index (χ1) is 16.4. The molecule has 7 nitrogen and oxygen atoms in total. The van der Waals surface area contributed by atoms with Crippen LogP contribution in [0.25, 0.3) is 33.5 Å². The number of nitrogens with one attached hydrogen (secondary N) is 1. The Morgan fingerprint density at radius 3 is 2.38 bits per heavy atom. The van der Waals surface area contributed by atoms with Gasteiger partial charge in [0.15, 0.2) is 5.65 Å². The van der Waals surface area contributed by atoms with Crippen molar-refractivity contribution in [3.8, 4) is 28.4 Å². The Kier molecular flexibility index (Phi) is 5.87. The van der Waals surface area contributed by atoms with Crippen molar-refractivity contribution in [1.82, 2.24) is 19.9 Å². The zero-order valence-corrected chi connectivity index (χ0v) is 18.5. The number of benzene rings is 1. The number of pyridine rings is 2. The van der Waals surface area contributed by atoms with Crippen LogP contribution in [0.15, 0.2) is 42.5 Å². The van der Waals surface area contributed by atoms with Crippen molar-refractivity contribution < 1.29 is 23.4 Å². The second kappa shape index (κ2) is 8.98. The van der Waals surface area contributed by atoms with Crippen LogP contribution in [0.2, 0.25) is 5.02 Å². The van der Waals surface area contributed by atoms with Gasteiger partial charge in [-0.2, -0.15) is 18.7 Å². The molecular formula is C24H19ClF2N4O3. The Morgan fingerprint density at radius 1 is 1.00 bits per heavy atom. The first-order valence-corrected chi connectivity index (χ1v) is 11.1. The number of nitrogens with zero attached hydrogens (tertiary/aromatic N) is 3. The lowest BCUT2D eigenvalue weighted by Gasteiger charge is -2.25. The Morgan fingerprint density at radius 2 is 1.71 bits per heavy atom. The Balaban J connectivity index is 1.36. The van der Waals surface area contributed by atoms with E-state index in [1.807, 2.05) is 0 Å². The topological polar surface area (TPSA) is 101 Å². The fourth-order valence-electron chi connectivity index (χ4n) is 4.17. The summed E-state index contributed by atoms with van der Waals surface area (Å²) in [6.45, 7) is 0. The number of hydrogen-bond acceptors (Lipinski definition) is 5. The van der Waals surface area contributed by atoms with Gasteiger partial charge in [-0.3, -0.25) is 4.79 Å². The highest BCUT2D eigenvalue weighted by Crippen LogP contribution is 2.32. The average molecular weight is 485 g/mol. The second-order valence-corrected chi connectivity index (χ2v) is 8.62. The van der Waals surface area contributed by atoms with Gasteiger partial charge in [0, 0.05) is 11.1 Å². The molecule has 5 rings (SSSR count). The van der Waals surface area contributed by atoms with Crippen LogP contribution in [0, 0.1) is 17.8 Å². The Labute approximate surface area is 197 Å². The number of halogens is 3. The van der Waals surface area contributed by atoms with Gasteiger partial charge in [-0.1, -0.05) is 35.9 Å². The molecule has 1 aliphatic rings. The highest BCUT2D eigenvalue weighted by molar-refractivity contribution is 6.33. The molecule has 1 aromatic carbocycles. The lowest BCUT2D eigenvalue weighted by Crippen LogP contribution is -2.28. The van der Waals surface area contributed by atoms with Crippen LogP contribution in [0.1, 0.15) is 25.7 Å². The molecule has 1 saturated carbocycles. The zero-order valence-electron chi connectivity index (χ0n) is 17.8. The zero-order chi connectivity index (χ0) is 23.8. The van der Waals surface area contributed by atoms with Crippen LogP contribution in [0.5, 0.6) is 6.01 Å². The van der Waals surface area contributed by atoms with E-state index in [2.05, 4.69) is 19.9 Å². The van der Waals surface area contributed by atoms with Crippen molar-refractivity contribution in [3.05, 3.63) is 59.4 Å². The number of aromatic amines is 1. The standard InChI is InChI=1S/C24H19ClF2N4O3/c25-17-11-18-22(31-24(28-18)34-15-7-5-14(6-8-15)23(32)33)30-20(17)13-3-1-12(2-4-13)16-9-10-19(26)29-21(16)27/h1-4,9-11,14-15H,5-8H2,(H,32,33)(H,28,30,31). The SMILES string of the molecule is O=C(O)C1CCC(Oc2nc3nc(-c4ccc(-c5ccc(F)nc5F)cc4)c(Cl)cc3[nH]2)CC1. The lowest BCUT2D eigenvalue weighted by molar-refractivity contribution is -0.143. The molecule has 0 unspecified atom stereocenters. The van der Waals surface area contributed by atoms with E-state index in [0.717, 1.165) is 6.07 Å². The van der Waals surface area contributed by atoms with E-state index in [0.29, 0.717) is 64.7 Å². The summed E-state index contributed by atoms with van der Waals surface area (Å²) in [4.78, 5) is 26.4. The van der Waals surface area contributed by atoms with Crippen LogP contribution >= 0.6 is 11.6 Å². The molecule has 174 valence electrons. The molecular weight excluding hydrogens is 466 g/mol. The number of carbonyl (C=O) groups is 1. The van der Waals surface area contributed by atoms with E-state index < -0.39 is 17.9 Å². The first-order valence-electron chi connectivity index (χ1n) is 10.8. The Hall–Kier alpha value is -3.59. The van der Waals surface area contributed by atoms with E-state index >= 15 is 0 Å². The summed E-state index contributed by atoms with van der Waals surface area (Å²) >= 11 is 6.47. The minimum absolute atomic E-state index is 0.111. The summed E-state index contributed by atoms with van der Waals surface area (Å²) in [5.74, 6) is -2.84. The number of carboxylic acids is 1. The van der Waals surface area contributed by atoms with Crippen molar-refractivity contribution in [2.24, 2.45) is 5.92 Å². The lowest BCUT2D eigenvalue weighted by atomic mass is 9.87. The van der Waals surface area contributed by atoms with Crippen molar-refractivity contribution in [1.29, 1.82) is 0 Å². The monoisotopic (exact) mass is 484 g/mol. The third kappa shape index (κ3) is 4.43. The predicted octanol–water partition coefficient (Wildman–Crippen LogP) is 5.64. The molecule has 1 aliphatic carbocycles. The minimum Gasteiger partial charge on any atom is -0.481 e. The number of fused-ring (bicyclic) bond motifs is 1. The van der Waals surface area contributed by atoms with Crippen molar-refractivity contribution in [3.63, 3.8) is 0 Å². The van der Waals surface area contributed by atoms with Gasteiger partial charge in [0.1, 0.15) is 6.10 Å². The summed E-state index contributed by atoms with van der Waals surface area (Å²) in [6, 6.07) is 11.3. The molecule has 0 aliphatic heterocycles. The predicted molar refractivity (Wildman–Crippen MR) is 121 cm³/mol. The molecule has 0 spiro atoms. The molecule has 0 radical (unpaired) electrons. The molecule has 3 heterocycles. The van der Waals surface area contributed by atoms with Gasteiger partial charge in [0.05, 0.1) is 22.2 Å². The first kappa shape index (κ1) is 22.2. The van der Waals surface area contributed by atoms with Crippen molar-refractivity contribution >= 4 is 28.7 Å². The van der Waals surface area contributed by atoms with E-state index in [1.165, 1.54) is 6.07 Å². The van der Waals surface area contributed by atoms with Gasteiger partial charge in [-0.15, -0.1) is 0 Å². The summed E-state index contributed by atoms with van der Waals surface area (Å²) in [5, 5.41) is 9.53. The molecule has 10 heteroatoms. The van der Waals surface area contributed by atoms with Gasteiger partial charge in [0.2, 0.25) is 11.9 Å². The molecule has 0 amide bonds. The molecule has 1 fully saturated rings. The molecule has 0 saturated heterocycles. The fraction of sp³-hybridized carbons (Fsp3) is 0.250. The number of H-pyrrole nitrogens is 1. The molecule has 34 heavy (non-hydrogen) atoms. The van der Waals surface area contributed by atoms with E-state index in [-0.39, 0.29) is 17.6 Å². The summed E-state index contributed by atoms with van der Waals surface area (Å²) < 4.78 is 33.0. The van der Waals surface area contributed by atoms with Crippen LogP contribution in [0.3, 0.4) is 0 Å². The maximum atomic E-state index is 14.0. The fourth-order valence-corrected chi connectivity index (χ4v) is 4.44. The average Bonchev–Trinajstić information content (AvgIpc) is 3.20. The largest absolute Gasteiger partial charge is 0.481 e. The third-order valence-electron chi connectivity index (χ3n) is 5.99. The number of carboxylic acid groups (broad SMARTS) is 1. The van der Waals surface area contributed by atoms with E-state index in [1.54, 1.807) is 30.3 Å². The molecule has 4 aromatic rings. The van der Waals surface area contributed by atoms with E-state index in [4.69, 9.17) is 21.4 Å². The quantitative estimate of drug-likeness (QED) is 0.355. The Bertz CT molecular complexity index is 1370. The van der Waals surface area contributed by atoms with Gasteiger partial charge >= 0.3 is 5.97 Å². The molecule has 0 bridgehead atoms. The molecule has 2 N–H and O–H groups in total. The maximum Gasteiger partial charge on any atom is 0.306 e. The van der Waals surface area contributed by atoms with Crippen LogP contribution in [-0.2, 0) is 4.79 Å². The number of rotatable bonds is 5. The maximum absolute atomic E-state index is 14.0.